The van der Waals surface area contributed by atoms with E-state index in [-0.39, 0.29) is 18.4 Å². The van der Waals surface area contributed by atoms with Crippen LogP contribution in [0, 0.1) is 5.82 Å². The van der Waals surface area contributed by atoms with Crippen LogP contribution in [0.2, 0.25) is 0 Å². The summed E-state index contributed by atoms with van der Waals surface area (Å²) in [6.45, 7) is 6.34. The Hall–Kier alpha value is -3.72. The second-order valence-electron chi connectivity index (χ2n) is 8.88. The highest BCUT2D eigenvalue weighted by atomic mass is 19.1. The Morgan fingerprint density at radius 1 is 1.15 bits per heavy atom. The standard InChI is InChI=1S/C25H30FN7O/c1-4-20(25(2,3)34)30-24-31-22(28-13-17-12-18(26)10-11-19(17)27)21-23(32-24)33(15-29-21)14-16-8-6-5-7-9-16/h5-12,15,20,34H,4,13-14,27H2,1-3H3,(H2,28,30,31,32). The van der Waals surface area contributed by atoms with Gasteiger partial charge in [-0.1, -0.05) is 37.3 Å². The van der Waals surface area contributed by atoms with Gasteiger partial charge in [0.05, 0.1) is 24.5 Å². The van der Waals surface area contributed by atoms with E-state index >= 15 is 0 Å². The number of rotatable bonds is 9. The highest BCUT2D eigenvalue weighted by molar-refractivity contribution is 5.84. The van der Waals surface area contributed by atoms with Crippen LogP contribution in [0.25, 0.3) is 11.2 Å². The second kappa shape index (κ2) is 9.64. The Labute approximate surface area is 198 Å². The van der Waals surface area contributed by atoms with E-state index < -0.39 is 5.60 Å². The largest absolute Gasteiger partial charge is 0.398 e. The number of imidazole rings is 1. The van der Waals surface area contributed by atoms with Crippen molar-refractivity contribution in [2.45, 2.75) is 51.9 Å². The summed E-state index contributed by atoms with van der Waals surface area (Å²) >= 11 is 0. The van der Waals surface area contributed by atoms with Crippen LogP contribution in [0.3, 0.4) is 0 Å². The molecule has 0 radical (unpaired) electrons. The Morgan fingerprint density at radius 3 is 2.62 bits per heavy atom. The van der Waals surface area contributed by atoms with Crippen molar-refractivity contribution >= 4 is 28.6 Å². The molecule has 8 nitrogen and oxygen atoms in total. The number of nitrogen functional groups attached to an aromatic ring is 1. The van der Waals surface area contributed by atoms with Gasteiger partial charge in [-0.3, -0.25) is 0 Å². The van der Waals surface area contributed by atoms with Crippen LogP contribution in [-0.2, 0) is 13.1 Å². The third-order valence-corrected chi connectivity index (χ3v) is 5.78. The van der Waals surface area contributed by atoms with Gasteiger partial charge >= 0.3 is 0 Å². The molecule has 2 aromatic carbocycles. The van der Waals surface area contributed by atoms with Gasteiger partial charge in [-0.15, -0.1) is 0 Å². The van der Waals surface area contributed by atoms with Crippen molar-refractivity contribution in [3.8, 4) is 0 Å². The number of fused-ring (bicyclic) bond motifs is 1. The summed E-state index contributed by atoms with van der Waals surface area (Å²) in [5, 5.41) is 17.0. The Morgan fingerprint density at radius 2 is 1.91 bits per heavy atom. The number of aromatic nitrogens is 4. The zero-order valence-corrected chi connectivity index (χ0v) is 19.6. The van der Waals surface area contributed by atoms with Crippen LogP contribution in [0.5, 0.6) is 0 Å². The third kappa shape index (κ3) is 5.26. The van der Waals surface area contributed by atoms with Crippen LogP contribution >= 0.6 is 0 Å². The van der Waals surface area contributed by atoms with E-state index in [4.69, 9.17) is 10.7 Å². The van der Waals surface area contributed by atoms with Gasteiger partial charge in [0.25, 0.3) is 0 Å². The number of halogens is 1. The second-order valence-corrected chi connectivity index (χ2v) is 8.88. The van der Waals surface area contributed by atoms with E-state index in [0.29, 0.717) is 47.1 Å². The number of nitrogens with one attached hydrogen (secondary N) is 2. The molecule has 178 valence electrons. The summed E-state index contributed by atoms with van der Waals surface area (Å²) in [6.07, 6.45) is 2.40. The maximum absolute atomic E-state index is 13.7. The monoisotopic (exact) mass is 463 g/mol. The van der Waals surface area contributed by atoms with Crippen LogP contribution < -0.4 is 16.4 Å². The van der Waals surface area contributed by atoms with Crippen molar-refractivity contribution in [1.82, 2.24) is 19.5 Å². The van der Waals surface area contributed by atoms with Crippen molar-refractivity contribution in [2.24, 2.45) is 0 Å². The molecule has 0 amide bonds. The van der Waals surface area contributed by atoms with Gasteiger partial charge in [0.2, 0.25) is 5.95 Å². The van der Waals surface area contributed by atoms with Gasteiger partial charge in [-0.05, 0) is 49.6 Å². The molecule has 1 unspecified atom stereocenters. The highest BCUT2D eigenvalue weighted by Crippen LogP contribution is 2.25. The van der Waals surface area contributed by atoms with Gasteiger partial charge in [0.15, 0.2) is 17.0 Å². The van der Waals surface area contributed by atoms with Gasteiger partial charge in [-0.2, -0.15) is 9.97 Å². The first kappa shape index (κ1) is 23.4. The normalized spacial score (nSPS) is 12.6. The molecule has 0 aliphatic carbocycles. The maximum atomic E-state index is 13.7. The summed E-state index contributed by atoms with van der Waals surface area (Å²) in [5.41, 5.74) is 8.49. The van der Waals surface area contributed by atoms with E-state index in [1.807, 2.05) is 41.8 Å². The molecule has 34 heavy (non-hydrogen) atoms. The summed E-state index contributed by atoms with van der Waals surface area (Å²) in [6, 6.07) is 14.0. The van der Waals surface area contributed by atoms with E-state index in [9.17, 15) is 9.50 Å². The Balaban J connectivity index is 1.72. The zero-order valence-electron chi connectivity index (χ0n) is 19.6. The molecule has 2 heterocycles. The van der Waals surface area contributed by atoms with Crippen molar-refractivity contribution in [3.05, 3.63) is 71.8 Å². The minimum Gasteiger partial charge on any atom is -0.398 e. The summed E-state index contributed by atoms with van der Waals surface area (Å²) in [7, 11) is 0. The minimum atomic E-state index is -0.971. The van der Waals surface area contributed by atoms with Crippen LogP contribution in [0.4, 0.5) is 21.8 Å². The van der Waals surface area contributed by atoms with Crippen LogP contribution in [0.1, 0.15) is 38.3 Å². The lowest BCUT2D eigenvalue weighted by Crippen LogP contribution is -2.41. The van der Waals surface area contributed by atoms with Crippen molar-refractivity contribution in [1.29, 1.82) is 0 Å². The average molecular weight is 464 g/mol. The average Bonchev–Trinajstić information content (AvgIpc) is 3.20. The van der Waals surface area contributed by atoms with E-state index in [1.165, 1.54) is 12.1 Å². The molecule has 0 bridgehead atoms. The molecule has 1 atom stereocenters. The summed E-state index contributed by atoms with van der Waals surface area (Å²) < 4.78 is 15.7. The van der Waals surface area contributed by atoms with E-state index in [1.54, 1.807) is 26.2 Å². The first-order chi connectivity index (χ1) is 16.2. The van der Waals surface area contributed by atoms with E-state index in [2.05, 4.69) is 20.6 Å². The van der Waals surface area contributed by atoms with Gasteiger partial charge < -0.3 is 26.0 Å². The van der Waals surface area contributed by atoms with Crippen molar-refractivity contribution in [3.63, 3.8) is 0 Å². The topological polar surface area (TPSA) is 114 Å². The first-order valence-electron chi connectivity index (χ1n) is 11.3. The fourth-order valence-corrected chi connectivity index (χ4v) is 3.87. The first-order valence-corrected chi connectivity index (χ1v) is 11.3. The maximum Gasteiger partial charge on any atom is 0.227 e. The fraction of sp³-hybridized carbons (Fsp3) is 0.320. The minimum absolute atomic E-state index is 0.262. The third-order valence-electron chi connectivity index (χ3n) is 5.78. The molecule has 0 fully saturated rings. The van der Waals surface area contributed by atoms with Crippen LogP contribution in [-0.4, -0.2) is 36.3 Å². The lowest BCUT2D eigenvalue weighted by atomic mass is 9.97. The molecule has 0 spiro atoms. The number of aliphatic hydroxyl groups is 1. The Kier molecular flexibility index (Phi) is 6.65. The summed E-state index contributed by atoms with van der Waals surface area (Å²) in [4.78, 5) is 13.9. The molecular formula is C25H30FN7O. The number of nitrogens with zero attached hydrogens (tertiary/aromatic N) is 4. The SMILES string of the molecule is CCC(Nc1nc(NCc2cc(F)ccc2N)c2ncn(Cc3ccccc3)c2n1)C(C)(C)O. The fourth-order valence-electron chi connectivity index (χ4n) is 3.87. The number of anilines is 3. The molecular weight excluding hydrogens is 433 g/mol. The lowest BCUT2D eigenvalue weighted by molar-refractivity contribution is 0.0577. The van der Waals surface area contributed by atoms with Crippen molar-refractivity contribution < 1.29 is 9.50 Å². The number of nitrogens with two attached hydrogens (primary N) is 1. The van der Waals surface area contributed by atoms with Crippen molar-refractivity contribution in [2.75, 3.05) is 16.4 Å². The molecule has 4 aromatic rings. The number of hydrogen-bond donors (Lipinski definition) is 4. The molecule has 0 saturated heterocycles. The lowest BCUT2D eigenvalue weighted by Gasteiger charge is -2.29. The number of benzene rings is 2. The zero-order chi connectivity index (χ0) is 24.3. The molecule has 9 heteroatoms. The van der Waals surface area contributed by atoms with Gasteiger partial charge in [0.1, 0.15) is 5.82 Å². The summed E-state index contributed by atoms with van der Waals surface area (Å²) in [5.74, 6) is 0.504. The van der Waals surface area contributed by atoms with Gasteiger partial charge in [-0.25, -0.2) is 9.37 Å². The van der Waals surface area contributed by atoms with E-state index in [0.717, 1.165) is 5.56 Å². The molecule has 2 aromatic heterocycles. The molecule has 0 saturated carbocycles. The predicted octanol–water partition coefficient (Wildman–Crippen LogP) is 4.17. The van der Waals surface area contributed by atoms with Gasteiger partial charge in [0, 0.05) is 12.2 Å². The molecule has 4 rings (SSSR count). The highest BCUT2D eigenvalue weighted by Gasteiger charge is 2.26. The molecule has 0 aliphatic heterocycles. The smallest absolute Gasteiger partial charge is 0.227 e. The molecule has 0 aliphatic rings. The van der Waals surface area contributed by atoms with Crippen LogP contribution in [0.15, 0.2) is 54.9 Å². The molecule has 5 N–H and O–H groups in total. The predicted molar refractivity (Wildman–Crippen MR) is 133 cm³/mol. The Bertz CT molecular complexity index is 1270. The quantitative estimate of drug-likeness (QED) is 0.276. The number of hydrogen-bond acceptors (Lipinski definition) is 7.